The van der Waals surface area contributed by atoms with Gasteiger partial charge in [-0.2, -0.15) is 5.10 Å². The smallest absolute Gasteiger partial charge is 0.164 e. The van der Waals surface area contributed by atoms with Gasteiger partial charge in [-0.25, -0.2) is 14.6 Å². The van der Waals surface area contributed by atoms with Gasteiger partial charge in [0.05, 0.1) is 25.7 Å². The number of methoxy groups -OCH3 is 1. The van der Waals surface area contributed by atoms with Gasteiger partial charge in [0, 0.05) is 13.6 Å². The summed E-state index contributed by atoms with van der Waals surface area (Å²) in [5.41, 5.74) is 1.85. The number of hydrogen-bond donors (Lipinski definition) is 1. The van der Waals surface area contributed by atoms with Crippen molar-refractivity contribution in [2.45, 2.75) is 6.61 Å². The first-order valence-corrected chi connectivity index (χ1v) is 8.26. The number of nitrogens with one attached hydrogen (secondary N) is 1. The monoisotopic (exact) mass is 391 g/mol. The lowest BCUT2D eigenvalue weighted by atomic mass is 10.2. The molecule has 0 aliphatic heterocycles. The quantitative estimate of drug-likeness (QED) is 0.624. The summed E-state index contributed by atoms with van der Waals surface area (Å²) in [5.74, 6) is 1.57. The summed E-state index contributed by atoms with van der Waals surface area (Å²) >= 11 is 3.44. The predicted molar refractivity (Wildman–Crippen MR) is 95.1 cm³/mol. The van der Waals surface area contributed by atoms with Crippen LogP contribution in [0.1, 0.15) is 5.56 Å². The lowest BCUT2D eigenvalue weighted by Crippen LogP contribution is -2.11. The summed E-state index contributed by atoms with van der Waals surface area (Å²) in [4.78, 5) is 8.52. The number of ether oxygens (including phenoxy) is 2. The van der Waals surface area contributed by atoms with Crippen LogP contribution in [-0.2, 0) is 18.4 Å². The Hall–Kier alpha value is -2.19. The molecule has 0 bridgehead atoms. The maximum absolute atomic E-state index is 5.69. The van der Waals surface area contributed by atoms with Crippen molar-refractivity contribution in [1.29, 1.82) is 0 Å². The van der Waals surface area contributed by atoms with E-state index in [2.05, 4.69) is 36.3 Å². The molecule has 24 heavy (non-hydrogen) atoms. The average Bonchev–Trinajstić information content (AvgIpc) is 2.90. The molecule has 2 aromatic heterocycles. The van der Waals surface area contributed by atoms with Crippen LogP contribution < -0.4 is 10.1 Å². The number of nitrogens with zero attached hydrogens (tertiary/aromatic N) is 4. The van der Waals surface area contributed by atoms with E-state index in [-0.39, 0.29) is 0 Å². The fourth-order valence-corrected chi connectivity index (χ4v) is 2.97. The summed E-state index contributed by atoms with van der Waals surface area (Å²) in [6, 6.07) is 7.84. The average molecular weight is 392 g/mol. The van der Waals surface area contributed by atoms with E-state index in [0.29, 0.717) is 19.8 Å². The highest BCUT2D eigenvalue weighted by molar-refractivity contribution is 9.10. The first-order chi connectivity index (χ1) is 11.7. The number of rotatable bonds is 7. The Kier molecular flexibility index (Phi) is 5.27. The Bertz CT molecular complexity index is 836. The molecule has 3 aromatic rings. The highest BCUT2D eigenvalue weighted by Gasteiger charge is 2.12. The van der Waals surface area contributed by atoms with Gasteiger partial charge in [-0.15, -0.1) is 0 Å². The zero-order chi connectivity index (χ0) is 16.9. The SMILES string of the molecule is COc1cccc(COCCNc2ncnc3c2c(Br)nn3C)c1. The van der Waals surface area contributed by atoms with E-state index in [1.807, 2.05) is 31.3 Å². The number of aryl methyl sites for hydroxylation is 1. The van der Waals surface area contributed by atoms with Gasteiger partial charge in [0.15, 0.2) is 5.65 Å². The second kappa shape index (κ2) is 7.59. The lowest BCUT2D eigenvalue weighted by Gasteiger charge is -2.08. The molecule has 7 nitrogen and oxygen atoms in total. The van der Waals surface area contributed by atoms with E-state index in [1.54, 1.807) is 11.8 Å². The van der Waals surface area contributed by atoms with E-state index in [1.165, 1.54) is 6.33 Å². The molecular weight excluding hydrogens is 374 g/mol. The summed E-state index contributed by atoms with van der Waals surface area (Å²) in [6.45, 7) is 1.73. The zero-order valence-corrected chi connectivity index (χ0v) is 15.1. The van der Waals surface area contributed by atoms with Gasteiger partial charge < -0.3 is 14.8 Å². The first-order valence-electron chi connectivity index (χ1n) is 7.47. The van der Waals surface area contributed by atoms with Crippen LogP contribution in [0.25, 0.3) is 11.0 Å². The fourth-order valence-electron chi connectivity index (χ4n) is 2.37. The highest BCUT2D eigenvalue weighted by Crippen LogP contribution is 2.26. The summed E-state index contributed by atoms with van der Waals surface area (Å²) in [5, 5.41) is 8.43. The summed E-state index contributed by atoms with van der Waals surface area (Å²) in [6.07, 6.45) is 1.52. The summed E-state index contributed by atoms with van der Waals surface area (Å²) in [7, 11) is 3.50. The highest BCUT2D eigenvalue weighted by atomic mass is 79.9. The van der Waals surface area contributed by atoms with Crippen LogP contribution in [0.3, 0.4) is 0 Å². The maximum atomic E-state index is 5.69. The number of hydrogen-bond acceptors (Lipinski definition) is 6. The zero-order valence-electron chi connectivity index (χ0n) is 13.5. The van der Waals surface area contributed by atoms with Crippen LogP contribution in [0, 0.1) is 0 Å². The Morgan fingerprint density at radius 1 is 1.29 bits per heavy atom. The molecule has 0 aliphatic carbocycles. The molecule has 3 rings (SSSR count). The molecule has 1 aromatic carbocycles. The standard InChI is InChI=1S/C16H18BrN5O2/c1-22-16-13(14(17)21-22)15(19-10-20-16)18-6-7-24-9-11-4-3-5-12(8-11)23-2/h3-5,8,10H,6-7,9H2,1-2H3,(H,18,19,20). The van der Waals surface area contributed by atoms with Crippen LogP contribution >= 0.6 is 15.9 Å². The number of aromatic nitrogens is 4. The Balaban J connectivity index is 1.54. The molecule has 0 spiro atoms. The van der Waals surface area contributed by atoms with Gasteiger partial charge in [-0.3, -0.25) is 0 Å². The van der Waals surface area contributed by atoms with Crippen molar-refractivity contribution in [2.75, 3.05) is 25.6 Å². The second-order valence-corrected chi connectivity index (χ2v) is 5.92. The topological polar surface area (TPSA) is 74.1 Å². The molecule has 0 fully saturated rings. The molecule has 8 heteroatoms. The van der Waals surface area contributed by atoms with Gasteiger partial charge >= 0.3 is 0 Å². The molecular formula is C16H18BrN5O2. The van der Waals surface area contributed by atoms with E-state index < -0.39 is 0 Å². The third-order valence-electron chi connectivity index (χ3n) is 3.52. The van der Waals surface area contributed by atoms with Crippen molar-refractivity contribution in [3.8, 4) is 5.75 Å². The van der Waals surface area contributed by atoms with Crippen LogP contribution in [-0.4, -0.2) is 40.0 Å². The molecule has 0 amide bonds. The van der Waals surface area contributed by atoms with Gasteiger partial charge in [-0.05, 0) is 33.6 Å². The van der Waals surface area contributed by atoms with Crippen molar-refractivity contribution in [2.24, 2.45) is 7.05 Å². The van der Waals surface area contributed by atoms with Crippen LogP contribution in [0.2, 0.25) is 0 Å². The van der Waals surface area contributed by atoms with Crippen molar-refractivity contribution < 1.29 is 9.47 Å². The maximum Gasteiger partial charge on any atom is 0.164 e. The van der Waals surface area contributed by atoms with Gasteiger partial charge in [0.2, 0.25) is 0 Å². The van der Waals surface area contributed by atoms with Crippen molar-refractivity contribution in [1.82, 2.24) is 19.7 Å². The minimum absolute atomic E-state index is 0.536. The van der Waals surface area contributed by atoms with Crippen molar-refractivity contribution in [3.63, 3.8) is 0 Å². The minimum Gasteiger partial charge on any atom is -0.497 e. The molecule has 0 unspecified atom stereocenters. The minimum atomic E-state index is 0.536. The first kappa shape index (κ1) is 16.7. The molecule has 0 saturated carbocycles. The van der Waals surface area contributed by atoms with Gasteiger partial charge in [0.1, 0.15) is 22.5 Å². The van der Waals surface area contributed by atoms with Gasteiger partial charge in [-0.1, -0.05) is 12.1 Å². The van der Waals surface area contributed by atoms with Crippen LogP contribution in [0.4, 0.5) is 5.82 Å². The number of benzene rings is 1. The molecule has 0 atom stereocenters. The largest absolute Gasteiger partial charge is 0.497 e. The second-order valence-electron chi connectivity index (χ2n) is 5.17. The molecule has 0 saturated heterocycles. The van der Waals surface area contributed by atoms with E-state index in [9.17, 15) is 0 Å². The molecule has 126 valence electrons. The lowest BCUT2D eigenvalue weighted by molar-refractivity contribution is 0.130. The molecule has 1 N–H and O–H groups in total. The third kappa shape index (κ3) is 3.65. The fraction of sp³-hybridized carbons (Fsp3) is 0.312. The third-order valence-corrected chi connectivity index (χ3v) is 4.07. The van der Waals surface area contributed by atoms with E-state index >= 15 is 0 Å². The van der Waals surface area contributed by atoms with Crippen LogP contribution in [0.15, 0.2) is 35.2 Å². The Labute approximate surface area is 148 Å². The number of anilines is 1. The molecule has 2 heterocycles. The normalized spacial score (nSPS) is 11.0. The van der Waals surface area contributed by atoms with Crippen molar-refractivity contribution >= 4 is 32.8 Å². The van der Waals surface area contributed by atoms with Crippen molar-refractivity contribution in [3.05, 3.63) is 40.8 Å². The Morgan fingerprint density at radius 3 is 3.00 bits per heavy atom. The van der Waals surface area contributed by atoms with Gasteiger partial charge in [0.25, 0.3) is 0 Å². The number of fused-ring (bicyclic) bond motifs is 1. The number of halogens is 1. The van der Waals surface area contributed by atoms with Crippen LogP contribution in [0.5, 0.6) is 5.75 Å². The Morgan fingerprint density at radius 2 is 2.17 bits per heavy atom. The molecule has 0 aliphatic rings. The van der Waals surface area contributed by atoms with E-state index in [0.717, 1.165) is 32.8 Å². The predicted octanol–water partition coefficient (Wildman–Crippen LogP) is 2.76. The van der Waals surface area contributed by atoms with E-state index in [4.69, 9.17) is 9.47 Å². The summed E-state index contributed by atoms with van der Waals surface area (Å²) < 4.78 is 13.3. The molecule has 0 radical (unpaired) electrons.